The van der Waals surface area contributed by atoms with Gasteiger partial charge in [-0.25, -0.2) is 0 Å². The molecule has 3 rings (SSSR count). The maximum atomic E-state index is 8.91. The zero-order valence-electron chi connectivity index (χ0n) is 10.3. The van der Waals surface area contributed by atoms with Crippen molar-refractivity contribution < 1.29 is 0 Å². The van der Waals surface area contributed by atoms with Crippen LogP contribution < -0.4 is 0 Å². The fourth-order valence-corrected chi connectivity index (χ4v) is 2.32. The zero-order chi connectivity index (χ0) is 12.7. The van der Waals surface area contributed by atoms with Gasteiger partial charge in [-0.15, -0.1) is 0 Å². The van der Waals surface area contributed by atoms with Crippen LogP contribution in [0.15, 0.2) is 36.5 Å². The fraction of sp³-hybridized carbons (Fsp3) is 0.143. The van der Waals surface area contributed by atoms with Gasteiger partial charge in [-0.05, 0) is 6.07 Å². The summed E-state index contributed by atoms with van der Waals surface area (Å²) < 4.78 is 3.84. The Labute approximate surface area is 105 Å². The highest BCUT2D eigenvalue weighted by molar-refractivity contribution is 5.95. The Balaban J connectivity index is 2.32. The second kappa shape index (κ2) is 3.74. The second-order valence-corrected chi connectivity index (χ2v) is 4.32. The number of aryl methyl sites for hydroxylation is 2. The summed E-state index contributed by atoms with van der Waals surface area (Å²) in [5.74, 6) is 0. The van der Waals surface area contributed by atoms with E-state index in [2.05, 4.69) is 34.1 Å². The molecule has 88 valence electrons. The Kier molecular flexibility index (Phi) is 2.20. The smallest absolute Gasteiger partial charge is 0.163 e. The van der Waals surface area contributed by atoms with E-state index in [1.807, 2.05) is 32.3 Å². The Bertz CT molecular complexity index is 771. The minimum atomic E-state index is 0.445. The van der Waals surface area contributed by atoms with E-state index in [0.29, 0.717) is 5.69 Å². The molecule has 0 unspecified atom stereocenters. The maximum Gasteiger partial charge on any atom is 0.163 e. The molecule has 0 spiro atoms. The van der Waals surface area contributed by atoms with E-state index < -0.39 is 0 Å². The predicted octanol–water partition coefficient (Wildman–Crippen LogP) is 2.45. The third-order valence-electron chi connectivity index (χ3n) is 3.17. The first-order valence-electron chi connectivity index (χ1n) is 5.69. The first kappa shape index (κ1) is 10.6. The summed E-state index contributed by atoms with van der Waals surface area (Å²) in [6, 6.07) is 12.1. The van der Waals surface area contributed by atoms with Crippen molar-refractivity contribution in [3.8, 4) is 17.3 Å². The summed E-state index contributed by atoms with van der Waals surface area (Å²) in [7, 11) is 3.88. The lowest BCUT2D eigenvalue weighted by molar-refractivity contribution is 0.771. The standard InChI is InChI=1S/C14H12N4/c1-17-9-12(11-5-3-4-6-13(11)17)14-7-10(8-15)16-18(14)2/h3-7,9H,1-2H3. The molecule has 1 aromatic carbocycles. The lowest BCUT2D eigenvalue weighted by Gasteiger charge is -1.99. The van der Waals surface area contributed by atoms with Crippen molar-refractivity contribution in [3.05, 3.63) is 42.2 Å². The molecule has 0 bridgehead atoms. The summed E-state index contributed by atoms with van der Waals surface area (Å²) in [5.41, 5.74) is 3.68. The van der Waals surface area contributed by atoms with Gasteiger partial charge in [0.25, 0.3) is 0 Å². The number of rotatable bonds is 1. The number of aromatic nitrogens is 3. The quantitative estimate of drug-likeness (QED) is 0.651. The lowest BCUT2D eigenvalue weighted by atomic mass is 10.1. The van der Waals surface area contributed by atoms with Crippen LogP contribution in [-0.4, -0.2) is 14.3 Å². The van der Waals surface area contributed by atoms with Gasteiger partial charge in [0.1, 0.15) is 6.07 Å². The van der Waals surface area contributed by atoms with Crippen molar-refractivity contribution in [1.29, 1.82) is 5.26 Å². The number of para-hydroxylation sites is 1. The summed E-state index contributed by atoms with van der Waals surface area (Å²) in [6.45, 7) is 0. The van der Waals surface area contributed by atoms with E-state index in [9.17, 15) is 0 Å². The molecule has 0 saturated carbocycles. The van der Waals surface area contributed by atoms with Gasteiger partial charge in [0, 0.05) is 42.8 Å². The van der Waals surface area contributed by atoms with Crippen LogP contribution in [-0.2, 0) is 14.1 Å². The first-order chi connectivity index (χ1) is 8.70. The molecule has 0 aliphatic carbocycles. The first-order valence-corrected chi connectivity index (χ1v) is 5.69. The van der Waals surface area contributed by atoms with Crippen LogP contribution in [0.1, 0.15) is 5.69 Å². The van der Waals surface area contributed by atoms with Crippen LogP contribution in [0.2, 0.25) is 0 Å². The van der Waals surface area contributed by atoms with Gasteiger partial charge in [0.2, 0.25) is 0 Å². The number of fused-ring (bicyclic) bond motifs is 1. The van der Waals surface area contributed by atoms with E-state index in [1.165, 1.54) is 10.9 Å². The van der Waals surface area contributed by atoms with Gasteiger partial charge in [-0.2, -0.15) is 10.4 Å². The van der Waals surface area contributed by atoms with Crippen molar-refractivity contribution in [2.24, 2.45) is 14.1 Å². The van der Waals surface area contributed by atoms with Gasteiger partial charge in [0.15, 0.2) is 5.69 Å². The van der Waals surface area contributed by atoms with Crippen molar-refractivity contribution in [3.63, 3.8) is 0 Å². The number of benzene rings is 1. The monoisotopic (exact) mass is 236 g/mol. The van der Waals surface area contributed by atoms with E-state index in [4.69, 9.17) is 5.26 Å². The zero-order valence-corrected chi connectivity index (χ0v) is 10.3. The van der Waals surface area contributed by atoms with Gasteiger partial charge >= 0.3 is 0 Å². The van der Waals surface area contributed by atoms with Crippen molar-refractivity contribution >= 4 is 10.9 Å². The Hall–Kier alpha value is -2.54. The molecule has 0 N–H and O–H groups in total. The van der Waals surface area contributed by atoms with Crippen molar-refractivity contribution in [2.45, 2.75) is 0 Å². The summed E-state index contributed by atoms with van der Waals surface area (Å²) in [5, 5.41) is 14.3. The van der Waals surface area contributed by atoms with Crippen LogP contribution in [0.4, 0.5) is 0 Å². The van der Waals surface area contributed by atoms with E-state index in [0.717, 1.165) is 11.3 Å². The molecular weight excluding hydrogens is 224 g/mol. The topological polar surface area (TPSA) is 46.5 Å². The molecule has 0 fully saturated rings. The van der Waals surface area contributed by atoms with Crippen LogP contribution in [0.3, 0.4) is 0 Å². The molecule has 4 nitrogen and oxygen atoms in total. The Morgan fingerprint density at radius 2 is 2.00 bits per heavy atom. The van der Waals surface area contributed by atoms with Crippen LogP contribution in [0.25, 0.3) is 22.2 Å². The van der Waals surface area contributed by atoms with Gasteiger partial charge in [-0.1, -0.05) is 18.2 Å². The number of hydrogen-bond acceptors (Lipinski definition) is 2. The van der Waals surface area contributed by atoms with E-state index >= 15 is 0 Å². The van der Waals surface area contributed by atoms with Gasteiger partial charge < -0.3 is 4.57 Å². The maximum absolute atomic E-state index is 8.91. The molecule has 4 heteroatoms. The minimum Gasteiger partial charge on any atom is -0.350 e. The molecule has 0 aliphatic rings. The number of hydrogen-bond donors (Lipinski definition) is 0. The average molecular weight is 236 g/mol. The third-order valence-corrected chi connectivity index (χ3v) is 3.17. The fourth-order valence-electron chi connectivity index (χ4n) is 2.32. The molecule has 2 aromatic heterocycles. The lowest BCUT2D eigenvalue weighted by Crippen LogP contribution is -1.93. The van der Waals surface area contributed by atoms with Crippen LogP contribution in [0, 0.1) is 11.3 Å². The molecular formula is C14H12N4. The molecule has 0 aliphatic heterocycles. The Morgan fingerprint density at radius 1 is 1.22 bits per heavy atom. The average Bonchev–Trinajstić information content (AvgIpc) is 2.91. The van der Waals surface area contributed by atoms with Gasteiger partial charge in [0.05, 0.1) is 5.69 Å². The highest BCUT2D eigenvalue weighted by Crippen LogP contribution is 2.29. The van der Waals surface area contributed by atoms with E-state index in [1.54, 1.807) is 4.68 Å². The van der Waals surface area contributed by atoms with E-state index in [-0.39, 0.29) is 0 Å². The predicted molar refractivity (Wildman–Crippen MR) is 69.8 cm³/mol. The molecule has 0 saturated heterocycles. The third kappa shape index (κ3) is 1.41. The Morgan fingerprint density at radius 3 is 2.72 bits per heavy atom. The molecule has 0 radical (unpaired) electrons. The SMILES string of the molecule is Cn1nc(C#N)cc1-c1cn(C)c2ccccc12. The molecule has 18 heavy (non-hydrogen) atoms. The minimum absolute atomic E-state index is 0.445. The number of nitrogens with zero attached hydrogens (tertiary/aromatic N) is 4. The molecule has 0 atom stereocenters. The second-order valence-electron chi connectivity index (χ2n) is 4.32. The largest absolute Gasteiger partial charge is 0.350 e. The molecule has 2 heterocycles. The highest BCUT2D eigenvalue weighted by atomic mass is 15.3. The summed E-state index contributed by atoms with van der Waals surface area (Å²) in [4.78, 5) is 0. The normalized spacial score (nSPS) is 10.7. The molecule has 0 amide bonds. The highest BCUT2D eigenvalue weighted by Gasteiger charge is 2.12. The number of nitriles is 1. The summed E-state index contributed by atoms with van der Waals surface area (Å²) >= 11 is 0. The van der Waals surface area contributed by atoms with Crippen LogP contribution in [0.5, 0.6) is 0 Å². The molecule has 3 aromatic rings. The van der Waals surface area contributed by atoms with Crippen LogP contribution >= 0.6 is 0 Å². The van der Waals surface area contributed by atoms with Crippen molar-refractivity contribution in [2.75, 3.05) is 0 Å². The van der Waals surface area contributed by atoms with Gasteiger partial charge in [-0.3, -0.25) is 4.68 Å². The van der Waals surface area contributed by atoms with Crippen molar-refractivity contribution in [1.82, 2.24) is 14.3 Å². The summed E-state index contributed by atoms with van der Waals surface area (Å²) in [6.07, 6.45) is 2.07.